The lowest BCUT2D eigenvalue weighted by Gasteiger charge is -2.29. The van der Waals surface area contributed by atoms with Crippen LogP contribution in [-0.2, 0) is 17.8 Å². The standard InChI is InChI=1S/C22H27Cl2N3O2/c1-16(2)27(14-17-7-8-19(23)20(24)13-17)22(28)25-21-6-4-3-5-18(21)15-26-9-11-29-12-10-26/h3-8,13,16H,9-12,14-15H2,1-2H3,(H,25,28). The molecule has 1 N–H and O–H groups in total. The van der Waals surface area contributed by atoms with Crippen LogP contribution in [-0.4, -0.2) is 48.2 Å². The van der Waals surface area contributed by atoms with E-state index in [0.29, 0.717) is 16.6 Å². The van der Waals surface area contributed by atoms with Crippen LogP contribution < -0.4 is 5.32 Å². The molecular weight excluding hydrogens is 409 g/mol. The number of carbonyl (C=O) groups excluding carboxylic acids is 1. The molecule has 0 spiro atoms. The lowest BCUT2D eigenvalue weighted by atomic mass is 10.1. The Labute approximate surface area is 182 Å². The first kappa shape index (κ1) is 21.9. The molecule has 2 aromatic carbocycles. The summed E-state index contributed by atoms with van der Waals surface area (Å²) in [6.07, 6.45) is 0. The Balaban J connectivity index is 1.72. The molecule has 3 rings (SSSR count). The molecule has 1 aliphatic heterocycles. The lowest BCUT2D eigenvalue weighted by Crippen LogP contribution is -2.40. The Bertz CT molecular complexity index is 839. The molecule has 2 aromatic rings. The molecular formula is C22H27Cl2N3O2. The summed E-state index contributed by atoms with van der Waals surface area (Å²) in [4.78, 5) is 17.2. The number of anilines is 1. The molecule has 29 heavy (non-hydrogen) atoms. The van der Waals surface area contributed by atoms with Crippen LogP contribution in [0.5, 0.6) is 0 Å². The fourth-order valence-corrected chi connectivity index (χ4v) is 3.61. The topological polar surface area (TPSA) is 44.8 Å². The molecule has 1 heterocycles. The van der Waals surface area contributed by atoms with Crippen molar-refractivity contribution in [2.75, 3.05) is 31.6 Å². The molecule has 0 aliphatic carbocycles. The highest BCUT2D eigenvalue weighted by atomic mass is 35.5. The summed E-state index contributed by atoms with van der Waals surface area (Å²) in [5.74, 6) is 0. The van der Waals surface area contributed by atoms with Crippen LogP contribution in [0.25, 0.3) is 0 Å². The predicted molar refractivity (Wildman–Crippen MR) is 119 cm³/mol. The molecule has 0 aromatic heterocycles. The van der Waals surface area contributed by atoms with Crippen LogP contribution in [0.4, 0.5) is 10.5 Å². The molecule has 1 fully saturated rings. The number of hydrogen-bond acceptors (Lipinski definition) is 3. The lowest BCUT2D eigenvalue weighted by molar-refractivity contribution is 0.0342. The summed E-state index contributed by atoms with van der Waals surface area (Å²) in [5, 5.41) is 4.10. The zero-order chi connectivity index (χ0) is 20.8. The number of ether oxygens (including phenoxy) is 1. The normalized spacial score (nSPS) is 14.8. The Hall–Kier alpha value is -1.79. The predicted octanol–water partition coefficient (Wildman–Crippen LogP) is 5.27. The van der Waals surface area contributed by atoms with E-state index in [1.54, 1.807) is 17.0 Å². The minimum atomic E-state index is -0.138. The molecule has 5 nitrogen and oxygen atoms in total. The van der Waals surface area contributed by atoms with Gasteiger partial charge < -0.3 is 15.0 Å². The third-order valence-corrected chi connectivity index (χ3v) is 5.72. The smallest absolute Gasteiger partial charge is 0.322 e. The van der Waals surface area contributed by atoms with Crippen molar-refractivity contribution in [2.24, 2.45) is 0 Å². The first-order valence-electron chi connectivity index (χ1n) is 9.83. The number of para-hydroxylation sites is 1. The van der Waals surface area contributed by atoms with E-state index in [2.05, 4.69) is 16.3 Å². The maximum absolute atomic E-state index is 13.1. The molecule has 2 amide bonds. The van der Waals surface area contributed by atoms with Gasteiger partial charge in [-0.25, -0.2) is 4.79 Å². The summed E-state index contributed by atoms with van der Waals surface area (Å²) in [6.45, 7) is 8.53. The average Bonchev–Trinajstić information content (AvgIpc) is 2.70. The molecule has 0 bridgehead atoms. The van der Waals surface area contributed by atoms with E-state index in [4.69, 9.17) is 27.9 Å². The SMILES string of the molecule is CC(C)N(Cc1ccc(Cl)c(Cl)c1)C(=O)Nc1ccccc1CN1CCOCC1. The number of nitrogens with zero attached hydrogens (tertiary/aromatic N) is 2. The molecule has 0 radical (unpaired) electrons. The number of urea groups is 1. The third kappa shape index (κ3) is 6.09. The van der Waals surface area contributed by atoms with Gasteiger partial charge in [0.1, 0.15) is 0 Å². The van der Waals surface area contributed by atoms with Crippen LogP contribution in [0.15, 0.2) is 42.5 Å². The van der Waals surface area contributed by atoms with Crippen molar-refractivity contribution < 1.29 is 9.53 Å². The van der Waals surface area contributed by atoms with Crippen molar-refractivity contribution in [1.29, 1.82) is 0 Å². The largest absolute Gasteiger partial charge is 0.379 e. The number of morpholine rings is 1. The molecule has 1 saturated heterocycles. The fraction of sp³-hybridized carbons (Fsp3) is 0.409. The Kier molecular flexibility index (Phi) is 7.78. The number of hydrogen-bond donors (Lipinski definition) is 1. The van der Waals surface area contributed by atoms with Gasteiger partial charge in [0.25, 0.3) is 0 Å². The van der Waals surface area contributed by atoms with Crippen LogP contribution in [0.3, 0.4) is 0 Å². The van der Waals surface area contributed by atoms with Gasteiger partial charge in [0, 0.05) is 37.9 Å². The van der Waals surface area contributed by atoms with Gasteiger partial charge in [-0.3, -0.25) is 4.90 Å². The first-order valence-corrected chi connectivity index (χ1v) is 10.6. The minimum absolute atomic E-state index is 0.0239. The summed E-state index contributed by atoms with van der Waals surface area (Å²) in [6, 6.07) is 13.3. The summed E-state index contributed by atoms with van der Waals surface area (Å²) in [7, 11) is 0. The van der Waals surface area contributed by atoms with Gasteiger partial charge in [-0.15, -0.1) is 0 Å². The molecule has 0 saturated carbocycles. The van der Waals surface area contributed by atoms with Gasteiger partial charge in [-0.05, 0) is 43.2 Å². The van der Waals surface area contributed by atoms with Gasteiger partial charge >= 0.3 is 6.03 Å². The number of rotatable bonds is 6. The average molecular weight is 436 g/mol. The molecule has 156 valence electrons. The van der Waals surface area contributed by atoms with Crippen LogP contribution in [0.1, 0.15) is 25.0 Å². The van der Waals surface area contributed by atoms with E-state index in [-0.39, 0.29) is 12.1 Å². The zero-order valence-electron chi connectivity index (χ0n) is 16.8. The van der Waals surface area contributed by atoms with Gasteiger partial charge in [0.15, 0.2) is 0 Å². The van der Waals surface area contributed by atoms with Crippen molar-refractivity contribution in [3.05, 3.63) is 63.6 Å². The fourth-order valence-electron chi connectivity index (χ4n) is 3.29. The second-order valence-corrected chi connectivity index (χ2v) is 8.26. The van der Waals surface area contributed by atoms with E-state index in [0.717, 1.165) is 49.7 Å². The maximum atomic E-state index is 13.1. The van der Waals surface area contributed by atoms with Crippen molar-refractivity contribution in [3.63, 3.8) is 0 Å². The quantitative estimate of drug-likeness (QED) is 0.671. The van der Waals surface area contributed by atoms with E-state index < -0.39 is 0 Å². The second-order valence-electron chi connectivity index (χ2n) is 7.45. The zero-order valence-corrected chi connectivity index (χ0v) is 18.3. The van der Waals surface area contributed by atoms with Crippen molar-refractivity contribution in [1.82, 2.24) is 9.80 Å². The number of amides is 2. The van der Waals surface area contributed by atoms with E-state index in [1.165, 1.54) is 0 Å². The number of benzene rings is 2. The van der Waals surface area contributed by atoms with E-state index in [1.807, 2.05) is 38.1 Å². The second kappa shape index (κ2) is 10.3. The van der Waals surface area contributed by atoms with Gasteiger partial charge in [0.05, 0.1) is 23.3 Å². The Morgan fingerprint density at radius 1 is 1.14 bits per heavy atom. The first-order chi connectivity index (χ1) is 13.9. The van der Waals surface area contributed by atoms with Crippen LogP contribution >= 0.6 is 23.2 Å². The monoisotopic (exact) mass is 435 g/mol. The Morgan fingerprint density at radius 3 is 2.55 bits per heavy atom. The molecule has 0 atom stereocenters. The van der Waals surface area contributed by atoms with Crippen molar-refractivity contribution in [3.8, 4) is 0 Å². The third-order valence-electron chi connectivity index (χ3n) is 4.98. The Morgan fingerprint density at radius 2 is 1.86 bits per heavy atom. The summed E-state index contributed by atoms with van der Waals surface area (Å²) >= 11 is 12.1. The van der Waals surface area contributed by atoms with Crippen molar-refractivity contribution >= 4 is 34.9 Å². The highest BCUT2D eigenvalue weighted by Crippen LogP contribution is 2.24. The summed E-state index contributed by atoms with van der Waals surface area (Å²) in [5.41, 5.74) is 2.87. The highest BCUT2D eigenvalue weighted by Gasteiger charge is 2.20. The number of carbonyl (C=O) groups is 1. The highest BCUT2D eigenvalue weighted by molar-refractivity contribution is 6.42. The van der Waals surface area contributed by atoms with Gasteiger partial charge in [0.2, 0.25) is 0 Å². The van der Waals surface area contributed by atoms with Crippen molar-refractivity contribution in [2.45, 2.75) is 33.0 Å². The van der Waals surface area contributed by atoms with Crippen LogP contribution in [0.2, 0.25) is 10.0 Å². The molecule has 7 heteroatoms. The number of halogens is 2. The number of nitrogens with one attached hydrogen (secondary N) is 1. The van der Waals surface area contributed by atoms with Gasteiger partial charge in [-0.1, -0.05) is 47.5 Å². The molecule has 0 unspecified atom stereocenters. The maximum Gasteiger partial charge on any atom is 0.322 e. The summed E-state index contributed by atoms with van der Waals surface area (Å²) < 4.78 is 5.43. The van der Waals surface area contributed by atoms with E-state index >= 15 is 0 Å². The molecule has 1 aliphatic rings. The van der Waals surface area contributed by atoms with Gasteiger partial charge in [-0.2, -0.15) is 0 Å². The minimum Gasteiger partial charge on any atom is -0.379 e. The van der Waals surface area contributed by atoms with E-state index in [9.17, 15) is 4.79 Å². The van der Waals surface area contributed by atoms with Crippen LogP contribution in [0, 0.1) is 0 Å².